The van der Waals surface area contributed by atoms with E-state index < -0.39 is 6.09 Å². The van der Waals surface area contributed by atoms with Gasteiger partial charge in [0.05, 0.1) is 10.6 Å². The van der Waals surface area contributed by atoms with Gasteiger partial charge >= 0.3 is 6.09 Å². The largest absolute Gasteiger partial charge is 0.465 e. The Morgan fingerprint density at radius 2 is 1.85 bits per heavy atom. The molecule has 0 fully saturated rings. The number of thiophene rings is 1. The SMILES string of the molecule is CN(C)c1ccc(NC(=O)CCN(Cc2cccc(/N=C(\N)c3cccs3)c2)C(=O)O)cc1. The Labute approximate surface area is 197 Å². The first-order chi connectivity index (χ1) is 15.8. The molecule has 1 heterocycles. The van der Waals surface area contributed by atoms with Gasteiger partial charge in [0.15, 0.2) is 0 Å². The Kier molecular flexibility index (Phi) is 8.04. The number of hydrogen-bond donors (Lipinski definition) is 3. The van der Waals surface area contributed by atoms with Crippen molar-refractivity contribution < 1.29 is 14.7 Å². The molecule has 0 unspecified atom stereocenters. The van der Waals surface area contributed by atoms with Gasteiger partial charge in [-0.2, -0.15) is 0 Å². The highest BCUT2D eigenvalue weighted by Gasteiger charge is 2.15. The second kappa shape index (κ2) is 11.1. The third kappa shape index (κ3) is 7.08. The van der Waals surface area contributed by atoms with Crippen LogP contribution in [0.2, 0.25) is 0 Å². The van der Waals surface area contributed by atoms with E-state index in [1.807, 2.05) is 72.9 Å². The average Bonchev–Trinajstić information content (AvgIpc) is 3.32. The molecule has 0 aliphatic rings. The molecule has 3 aromatic rings. The fourth-order valence-corrected chi connectivity index (χ4v) is 3.74. The van der Waals surface area contributed by atoms with Crippen LogP contribution in [0.3, 0.4) is 0 Å². The molecule has 4 N–H and O–H groups in total. The lowest BCUT2D eigenvalue weighted by Crippen LogP contribution is -2.32. The van der Waals surface area contributed by atoms with Crippen LogP contribution in [0.25, 0.3) is 0 Å². The highest BCUT2D eigenvalue weighted by Crippen LogP contribution is 2.19. The zero-order valence-corrected chi connectivity index (χ0v) is 19.4. The maximum absolute atomic E-state index is 12.3. The lowest BCUT2D eigenvalue weighted by Gasteiger charge is -2.19. The molecule has 1 aromatic heterocycles. The predicted molar refractivity (Wildman–Crippen MR) is 134 cm³/mol. The maximum Gasteiger partial charge on any atom is 0.407 e. The van der Waals surface area contributed by atoms with E-state index in [-0.39, 0.29) is 25.4 Å². The van der Waals surface area contributed by atoms with Crippen LogP contribution in [0.5, 0.6) is 0 Å². The number of aliphatic imine (C=N–C) groups is 1. The van der Waals surface area contributed by atoms with Crippen LogP contribution in [0, 0.1) is 0 Å². The van der Waals surface area contributed by atoms with Crippen molar-refractivity contribution in [3.8, 4) is 0 Å². The van der Waals surface area contributed by atoms with Crippen LogP contribution in [0.15, 0.2) is 71.0 Å². The summed E-state index contributed by atoms with van der Waals surface area (Å²) in [7, 11) is 3.88. The Morgan fingerprint density at radius 3 is 2.48 bits per heavy atom. The van der Waals surface area contributed by atoms with E-state index in [9.17, 15) is 14.7 Å². The number of carbonyl (C=O) groups excluding carboxylic acids is 1. The Morgan fingerprint density at radius 1 is 1.09 bits per heavy atom. The molecule has 0 bridgehead atoms. The first-order valence-corrected chi connectivity index (χ1v) is 11.2. The predicted octanol–water partition coefficient (Wildman–Crippen LogP) is 4.36. The summed E-state index contributed by atoms with van der Waals surface area (Å²) in [6, 6.07) is 18.5. The minimum Gasteiger partial charge on any atom is -0.465 e. The fourth-order valence-electron chi connectivity index (χ4n) is 3.11. The molecule has 0 radical (unpaired) electrons. The van der Waals surface area contributed by atoms with E-state index in [4.69, 9.17) is 5.73 Å². The smallest absolute Gasteiger partial charge is 0.407 e. The lowest BCUT2D eigenvalue weighted by molar-refractivity contribution is -0.116. The number of benzene rings is 2. The number of amidine groups is 1. The van der Waals surface area contributed by atoms with E-state index in [1.165, 1.54) is 16.2 Å². The van der Waals surface area contributed by atoms with Crippen LogP contribution in [0.4, 0.5) is 21.9 Å². The van der Waals surface area contributed by atoms with Gasteiger partial charge in [-0.05, 0) is 53.4 Å². The van der Waals surface area contributed by atoms with Gasteiger partial charge in [0.2, 0.25) is 5.91 Å². The summed E-state index contributed by atoms with van der Waals surface area (Å²) >= 11 is 1.50. The summed E-state index contributed by atoms with van der Waals surface area (Å²) in [5.74, 6) is 0.161. The molecule has 0 saturated carbocycles. The molecular formula is C24H27N5O3S. The summed E-state index contributed by atoms with van der Waals surface area (Å²) in [4.78, 5) is 32.5. The van der Waals surface area contributed by atoms with Crippen LogP contribution < -0.4 is 16.0 Å². The summed E-state index contributed by atoms with van der Waals surface area (Å²) in [6.45, 7) is 0.212. The molecule has 8 nitrogen and oxygen atoms in total. The van der Waals surface area contributed by atoms with Crippen molar-refractivity contribution in [1.29, 1.82) is 0 Å². The summed E-state index contributed by atoms with van der Waals surface area (Å²) < 4.78 is 0. The fraction of sp³-hybridized carbons (Fsp3) is 0.208. The van der Waals surface area contributed by atoms with Gasteiger partial charge < -0.3 is 26.0 Å². The van der Waals surface area contributed by atoms with Gasteiger partial charge in [-0.25, -0.2) is 9.79 Å². The van der Waals surface area contributed by atoms with E-state index >= 15 is 0 Å². The van der Waals surface area contributed by atoms with E-state index in [0.717, 1.165) is 16.1 Å². The molecule has 0 aliphatic heterocycles. The zero-order valence-electron chi connectivity index (χ0n) is 18.6. The van der Waals surface area contributed by atoms with Crippen molar-refractivity contribution in [2.45, 2.75) is 13.0 Å². The molecule has 33 heavy (non-hydrogen) atoms. The number of anilines is 2. The zero-order chi connectivity index (χ0) is 23.8. The molecule has 0 atom stereocenters. The van der Waals surface area contributed by atoms with Crippen LogP contribution in [0.1, 0.15) is 16.9 Å². The molecule has 0 spiro atoms. The molecule has 172 valence electrons. The lowest BCUT2D eigenvalue weighted by atomic mass is 10.2. The number of nitrogens with one attached hydrogen (secondary N) is 1. The molecule has 9 heteroatoms. The molecule has 0 aliphatic carbocycles. The van der Waals surface area contributed by atoms with Crippen molar-refractivity contribution in [2.24, 2.45) is 10.7 Å². The highest BCUT2D eigenvalue weighted by atomic mass is 32.1. The number of hydrogen-bond acceptors (Lipinski definition) is 5. The third-order valence-corrected chi connectivity index (χ3v) is 5.75. The van der Waals surface area contributed by atoms with Crippen molar-refractivity contribution in [1.82, 2.24) is 4.90 Å². The van der Waals surface area contributed by atoms with Crippen molar-refractivity contribution in [3.63, 3.8) is 0 Å². The van der Waals surface area contributed by atoms with E-state index in [1.54, 1.807) is 12.1 Å². The topological polar surface area (TPSA) is 111 Å². The minimum absolute atomic E-state index is 0.0465. The van der Waals surface area contributed by atoms with Gasteiger partial charge in [-0.3, -0.25) is 4.79 Å². The van der Waals surface area contributed by atoms with Crippen LogP contribution in [-0.4, -0.2) is 48.5 Å². The summed E-state index contributed by atoms with van der Waals surface area (Å²) in [5.41, 5.74) is 9.14. The number of carboxylic acid groups (broad SMARTS) is 1. The summed E-state index contributed by atoms with van der Waals surface area (Å²) in [6.07, 6.45) is -1.05. The molecule has 0 saturated heterocycles. The molecule has 2 amide bonds. The van der Waals surface area contributed by atoms with Crippen LogP contribution >= 0.6 is 11.3 Å². The number of amides is 2. The first kappa shape index (κ1) is 23.8. The number of rotatable bonds is 9. The minimum atomic E-state index is -1.09. The number of nitrogens with two attached hydrogens (primary N) is 1. The highest BCUT2D eigenvalue weighted by molar-refractivity contribution is 7.12. The summed E-state index contributed by atoms with van der Waals surface area (Å²) in [5, 5.41) is 14.3. The maximum atomic E-state index is 12.3. The third-order valence-electron chi connectivity index (χ3n) is 4.85. The van der Waals surface area contributed by atoms with E-state index in [0.29, 0.717) is 17.2 Å². The van der Waals surface area contributed by atoms with Crippen molar-refractivity contribution >= 4 is 46.2 Å². The van der Waals surface area contributed by atoms with Gasteiger partial charge in [0.1, 0.15) is 5.84 Å². The van der Waals surface area contributed by atoms with Gasteiger partial charge in [0.25, 0.3) is 0 Å². The van der Waals surface area contributed by atoms with Crippen LogP contribution in [-0.2, 0) is 11.3 Å². The monoisotopic (exact) mass is 465 g/mol. The molecule has 3 rings (SSSR count). The standard InChI is InChI=1S/C24H27N5O3S/c1-28(2)20-10-8-18(9-11-20)26-22(30)12-13-29(24(31)32)16-17-5-3-6-19(15-17)27-23(25)21-7-4-14-33-21/h3-11,14-15H,12-13,16H2,1-2H3,(H2,25,27)(H,26,30)(H,31,32). The average molecular weight is 466 g/mol. The quantitative estimate of drug-likeness (QED) is 0.321. The Bertz CT molecular complexity index is 1110. The molecular weight excluding hydrogens is 438 g/mol. The Hall–Kier alpha value is -3.85. The van der Waals surface area contributed by atoms with Gasteiger partial charge in [-0.15, -0.1) is 11.3 Å². The second-order valence-corrected chi connectivity index (χ2v) is 8.54. The van der Waals surface area contributed by atoms with E-state index in [2.05, 4.69) is 10.3 Å². The number of carbonyl (C=O) groups is 2. The number of nitrogens with zero attached hydrogens (tertiary/aromatic N) is 3. The normalized spacial score (nSPS) is 11.2. The second-order valence-electron chi connectivity index (χ2n) is 7.59. The first-order valence-electron chi connectivity index (χ1n) is 10.3. The van der Waals surface area contributed by atoms with Gasteiger partial charge in [0, 0.05) is 45.0 Å². The van der Waals surface area contributed by atoms with Crippen molar-refractivity contribution in [2.75, 3.05) is 30.9 Å². The van der Waals surface area contributed by atoms with Crippen molar-refractivity contribution in [3.05, 3.63) is 76.5 Å². The molecule has 2 aromatic carbocycles. The Balaban J connectivity index is 1.59. The van der Waals surface area contributed by atoms with Gasteiger partial charge in [-0.1, -0.05) is 18.2 Å².